The van der Waals surface area contributed by atoms with Crippen molar-refractivity contribution in [1.82, 2.24) is 0 Å². The molecule has 0 aromatic heterocycles. The van der Waals surface area contributed by atoms with Crippen LogP contribution in [0.15, 0.2) is 0 Å². The fourth-order valence-corrected chi connectivity index (χ4v) is 0.433. The standard InChI is InChI=1S/C3H8ClOSi/c1-3-6(4)5-2/h3H2,1-2H3. The molecule has 37 valence electrons. The maximum atomic E-state index is 5.53. The predicted octanol–water partition coefficient (Wildman–Crippen LogP) is 1.38. The van der Waals surface area contributed by atoms with Gasteiger partial charge in [-0.25, -0.2) is 0 Å². The van der Waals surface area contributed by atoms with Crippen LogP contribution in [-0.4, -0.2) is 15.5 Å². The fraction of sp³-hybridized carbons (Fsp3) is 1.00. The summed E-state index contributed by atoms with van der Waals surface area (Å²) in [7, 11) is 0.748. The summed E-state index contributed by atoms with van der Waals surface area (Å²) in [5.74, 6) is 0. The molecule has 0 aliphatic carbocycles. The van der Waals surface area contributed by atoms with Crippen molar-refractivity contribution in [1.29, 1.82) is 0 Å². The van der Waals surface area contributed by atoms with E-state index in [4.69, 9.17) is 15.5 Å². The van der Waals surface area contributed by atoms with E-state index in [0.29, 0.717) is 0 Å². The van der Waals surface area contributed by atoms with Gasteiger partial charge in [0.15, 0.2) is 0 Å². The van der Waals surface area contributed by atoms with Crippen LogP contribution in [0.2, 0.25) is 6.04 Å². The van der Waals surface area contributed by atoms with E-state index in [1.165, 1.54) is 0 Å². The van der Waals surface area contributed by atoms with E-state index in [1.54, 1.807) is 7.11 Å². The molecule has 1 radical (unpaired) electrons. The first-order chi connectivity index (χ1) is 2.81. The molecule has 0 saturated heterocycles. The van der Waals surface area contributed by atoms with Gasteiger partial charge in [0, 0.05) is 7.11 Å². The molecule has 0 bridgehead atoms. The monoisotopic (exact) mass is 123 g/mol. The van der Waals surface area contributed by atoms with Crippen LogP contribution in [0, 0.1) is 0 Å². The molecule has 0 spiro atoms. The summed E-state index contributed by atoms with van der Waals surface area (Å²) < 4.78 is 4.77. The highest BCUT2D eigenvalue weighted by Gasteiger charge is 1.99. The van der Waals surface area contributed by atoms with Gasteiger partial charge in [-0.1, -0.05) is 6.92 Å². The second-order valence-electron chi connectivity index (χ2n) is 0.913. The Balaban J connectivity index is 2.75. The van der Waals surface area contributed by atoms with Crippen molar-refractivity contribution in [2.24, 2.45) is 0 Å². The van der Waals surface area contributed by atoms with E-state index in [0.717, 1.165) is 6.04 Å². The highest BCUT2D eigenvalue weighted by molar-refractivity contribution is 7.03. The van der Waals surface area contributed by atoms with E-state index >= 15 is 0 Å². The average molecular weight is 124 g/mol. The zero-order valence-corrected chi connectivity index (χ0v) is 5.75. The third kappa shape index (κ3) is 2.69. The summed E-state index contributed by atoms with van der Waals surface area (Å²) in [5.41, 5.74) is 0. The van der Waals surface area contributed by atoms with Gasteiger partial charge in [-0.3, -0.25) is 0 Å². The van der Waals surface area contributed by atoms with Crippen LogP contribution in [0.5, 0.6) is 0 Å². The maximum Gasteiger partial charge on any atom is 0.322 e. The van der Waals surface area contributed by atoms with Gasteiger partial charge in [0.1, 0.15) is 0 Å². The number of hydrogen-bond acceptors (Lipinski definition) is 1. The third-order valence-corrected chi connectivity index (χ3v) is 2.76. The Hall–Kier alpha value is 0.467. The molecule has 0 aliphatic heterocycles. The molecule has 0 atom stereocenters. The van der Waals surface area contributed by atoms with Gasteiger partial charge in [-0.05, 0) is 6.04 Å². The van der Waals surface area contributed by atoms with Crippen molar-refractivity contribution in [3.8, 4) is 0 Å². The van der Waals surface area contributed by atoms with Gasteiger partial charge >= 0.3 is 8.35 Å². The second kappa shape index (κ2) is 3.65. The molecule has 0 aromatic carbocycles. The molecule has 0 rings (SSSR count). The predicted molar refractivity (Wildman–Crippen MR) is 29.1 cm³/mol. The van der Waals surface area contributed by atoms with E-state index in [1.807, 2.05) is 6.92 Å². The normalized spacial score (nSPS) is 10.0. The van der Waals surface area contributed by atoms with E-state index in [9.17, 15) is 0 Å². The molecule has 1 nitrogen and oxygen atoms in total. The number of rotatable bonds is 2. The van der Waals surface area contributed by atoms with Crippen molar-refractivity contribution in [3.05, 3.63) is 0 Å². The highest BCUT2D eigenvalue weighted by Crippen LogP contribution is 1.94. The van der Waals surface area contributed by atoms with Crippen molar-refractivity contribution < 1.29 is 4.43 Å². The SMILES string of the molecule is CC[Si](Cl)OC. The first-order valence-corrected chi connectivity index (χ1v) is 4.49. The Morgan fingerprint density at radius 3 is 2.33 bits per heavy atom. The summed E-state index contributed by atoms with van der Waals surface area (Å²) in [5, 5.41) is 0. The van der Waals surface area contributed by atoms with E-state index < -0.39 is 8.35 Å². The quantitative estimate of drug-likeness (QED) is 0.398. The Morgan fingerprint density at radius 2 is 2.33 bits per heavy atom. The molecule has 0 unspecified atom stereocenters. The van der Waals surface area contributed by atoms with Crippen LogP contribution >= 0.6 is 11.1 Å². The Kier molecular flexibility index (Phi) is 3.93. The summed E-state index contributed by atoms with van der Waals surface area (Å²) in [4.78, 5) is 0. The van der Waals surface area contributed by atoms with E-state index in [2.05, 4.69) is 0 Å². The fourth-order valence-electron chi connectivity index (χ4n) is 0.144. The lowest BCUT2D eigenvalue weighted by atomic mass is 11.0. The van der Waals surface area contributed by atoms with Crippen molar-refractivity contribution >= 4 is 19.4 Å². The molecule has 0 saturated carbocycles. The minimum absolute atomic E-state index is 0.896. The molecule has 0 amide bonds. The van der Waals surface area contributed by atoms with Crippen molar-refractivity contribution in [2.75, 3.05) is 7.11 Å². The molecule has 3 heteroatoms. The molecule has 0 aromatic rings. The first-order valence-electron chi connectivity index (χ1n) is 1.86. The largest absolute Gasteiger partial charge is 0.406 e. The molecule has 0 heterocycles. The van der Waals surface area contributed by atoms with Gasteiger partial charge < -0.3 is 4.43 Å². The number of halogens is 1. The summed E-state index contributed by atoms with van der Waals surface area (Å²) >= 11 is 5.53. The zero-order valence-electron chi connectivity index (χ0n) is 3.99. The maximum absolute atomic E-state index is 5.53. The Bertz CT molecular complexity index is 30.0. The second-order valence-corrected chi connectivity index (χ2v) is 4.00. The lowest BCUT2D eigenvalue weighted by molar-refractivity contribution is 0.435. The van der Waals surface area contributed by atoms with Crippen molar-refractivity contribution in [2.45, 2.75) is 13.0 Å². The van der Waals surface area contributed by atoms with E-state index in [-0.39, 0.29) is 0 Å². The van der Waals surface area contributed by atoms with Crippen LogP contribution < -0.4 is 0 Å². The minimum atomic E-state index is -0.896. The van der Waals surface area contributed by atoms with Crippen molar-refractivity contribution in [3.63, 3.8) is 0 Å². The van der Waals surface area contributed by atoms with Crippen LogP contribution in [0.3, 0.4) is 0 Å². The first kappa shape index (κ1) is 6.47. The highest BCUT2D eigenvalue weighted by atomic mass is 35.6. The van der Waals surface area contributed by atoms with Gasteiger partial charge in [0.05, 0.1) is 0 Å². The lowest BCUT2D eigenvalue weighted by Crippen LogP contribution is -2.02. The minimum Gasteiger partial charge on any atom is -0.406 e. The van der Waals surface area contributed by atoms with Crippen LogP contribution in [-0.2, 0) is 4.43 Å². The van der Waals surface area contributed by atoms with Gasteiger partial charge in [0.25, 0.3) is 0 Å². The molecule has 0 fully saturated rings. The topological polar surface area (TPSA) is 9.23 Å². The van der Waals surface area contributed by atoms with Crippen LogP contribution in [0.25, 0.3) is 0 Å². The Labute approximate surface area is 44.7 Å². The van der Waals surface area contributed by atoms with Gasteiger partial charge in [-0.2, -0.15) is 0 Å². The summed E-state index contributed by atoms with van der Waals surface area (Å²) in [6.07, 6.45) is 0. The summed E-state index contributed by atoms with van der Waals surface area (Å²) in [6, 6.07) is 0.975. The molecule has 0 N–H and O–H groups in total. The average Bonchev–Trinajstić information content (AvgIpc) is 1.65. The number of hydrogen-bond donors (Lipinski definition) is 0. The van der Waals surface area contributed by atoms with Gasteiger partial charge in [-0.15, -0.1) is 11.1 Å². The van der Waals surface area contributed by atoms with Crippen LogP contribution in [0.1, 0.15) is 6.92 Å². The molecular formula is C3H8ClOSi. The van der Waals surface area contributed by atoms with Gasteiger partial charge in [0.2, 0.25) is 0 Å². The molecule has 0 aliphatic rings. The molecular weight excluding hydrogens is 116 g/mol. The smallest absolute Gasteiger partial charge is 0.322 e. The Morgan fingerprint density at radius 1 is 1.83 bits per heavy atom. The lowest BCUT2D eigenvalue weighted by Gasteiger charge is -1.94. The molecule has 6 heavy (non-hydrogen) atoms. The summed E-state index contributed by atoms with van der Waals surface area (Å²) in [6.45, 7) is 2.02. The zero-order chi connectivity index (χ0) is 4.99. The van der Waals surface area contributed by atoms with Crippen LogP contribution in [0.4, 0.5) is 0 Å². The third-order valence-electron chi connectivity index (χ3n) is 0.499.